The number of carbonyl (C=O) groups excluding carboxylic acids is 3. The number of ether oxygens (including phenoxy) is 2. The fourth-order valence-electron chi connectivity index (χ4n) is 3.40. The Kier molecular flexibility index (Phi) is 5.24. The van der Waals surface area contributed by atoms with Gasteiger partial charge in [-0.2, -0.15) is 0 Å². The Hall–Kier alpha value is -1.69. The standard InChI is InChI=1S/C17H24O6/c1-17(2)9-12(19)13(15(20)14(17)16(21)22-3)11(18)7-6-10-5-4-8-23-10/h10,13,20H,4-9H2,1-3H3/t10-,13-/m0/s1. The molecule has 0 unspecified atom stereocenters. The SMILES string of the molecule is COC(=O)C1=C(O)[C@@H](C(=O)CC[C@@H]2CCCO2)C(=O)CC1(C)C. The van der Waals surface area contributed by atoms with E-state index in [0.29, 0.717) is 13.0 Å². The zero-order valence-corrected chi connectivity index (χ0v) is 13.9. The van der Waals surface area contributed by atoms with Crippen LogP contribution in [-0.2, 0) is 23.9 Å². The summed E-state index contributed by atoms with van der Waals surface area (Å²) in [6.07, 6.45) is 2.64. The minimum atomic E-state index is -1.25. The molecule has 2 aliphatic rings. The van der Waals surface area contributed by atoms with Crippen LogP contribution < -0.4 is 0 Å². The molecule has 1 aliphatic carbocycles. The minimum Gasteiger partial charge on any atom is -0.510 e. The largest absolute Gasteiger partial charge is 0.510 e. The molecule has 2 rings (SSSR count). The van der Waals surface area contributed by atoms with Gasteiger partial charge in [0.2, 0.25) is 0 Å². The highest BCUT2D eigenvalue weighted by Crippen LogP contribution is 2.41. The number of allylic oxidation sites excluding steroid dienone is 1. The Morgan fingerprint density at radius 3 is 2.65 bits per heavy atom. The van der Waals surface area contributed by atoms with E-state index >= 15 is 0 Å². The second-order valence-electron chi connectivity index (χ2n) is 6.85. The Labute approximate surface area is 135 Å². The van der Waals surface area contributed by atoms with E-state index in [9.17, 15) is 19.5 Å². The monoisotopic (exact) mass is 324 g/mol. The number of rotatable bonds is 5. The third-order valence-corrected chi connectivity index (χ3v) is 4.59. The zero-order chi connectivity index (χ0) is 17.2. The Bertz CT molecular complexity index is 539. The topological polar surface area (TPSA) is 89.9 Å². The van der Waals surface area contributed by atoms with Crippen molar-refractivity contribution in [3.8, 4) is 0 Å². The van der Waals surface area contributed by atoms with Crippen molar-refractivity contribution in [2.24, 2.45) is 11.3 Å². The molecule has 1 saturated heterocycles. The van der Waals surface area contributed by atoms with E-state index in [1.54, 1.807) is 13.8 Å². The van der Waals surface area contributed by atoms with Gasteiger partial charge in [0, 0.05) is 24.9 Å². The van der Waals surface area contributed by atoms with Gasteiger partial charge in [-0.1, -0.05) is 13.8 Å². The van der Waals surface area contributed by atoms with E-state index in [0.717, 1.165) is 12.8 Å². The van der Waals surface area contributed by atoms with Gasteiger partial charge in [0.1, 0.15) is 11.7 Å². The molecule has 0 radical (unpaired) electrons. The Morgan fingerprint density at radius 1 is 1.39 bits per heavy atom. The molecule has 2 atom stereocenters. The second kappa shape index (κ2) is 6.83. The number of hydrogen-bond acceptors (Lipinski definition) is 6. The third kappa shape index (κ3) is 3.63. The molecule has 6 nitrogen and oxygen atoms in total. The molecule has 1 aliphatic heterocycles. The number of carbonyl (C=O) groups is 3. The summed E-state index contributed by atoms with van der Waals surface area (Å²) >= 11 is 0. The highest BCUT2D eigenvalue weighted by atomic mass is 16.5. The number of aliphatic hydroxyl groups is 1. The van der Waals surface area contributed by atoms with Crippen molar-refractivity contribution in [1.29, 1.82) is 0 Å². The summed E-state index contributed by atoms with van der Waals surface area (Å²) in [6, 6.07) is 0. The lowest BCUT2D eigenvalue weighted by atomic mass is 9.69. The number of Topliss-reactive ketones (excluding diaryl/α,β-unsaturated/α-hetero) is 2. The van der Waals surface area contributed by atoms with Gasteiger partial charge in [-0.25, -0.2) is 4.79 Å². The summed E-state index contributed by atoms with van der Waals surface area (Å²) in [4.78, 5) is 36.7. The normalized spacial score (nSPS) is 27.2. The number of ketones is 2. The maximum atomic E-state index is 12.4. The predicted octanol–water partition coefficient (Wildman–Crippen LogP) is 2.11. The van der Waals surface area contributed by atoms with E-state index in [2.05, 4.69) is 0 Å². The molecule has 0 aromatic carbocycles. The molecule has 0 saturated carbocycles. The van der Waals surface area contributed by atoms with Crippen LogP contribution in [0.5, 0.6) is 0 Å². The smallest absolute Gasteiger partial charge is 0.337 e. The van der Waals surface area contributed by atoms with Crippen molar-refractivity contribution in [2.75, 3.05) is 13.7 Å². The van der Waals surface area contributed by atoms with Crippen molar-refractivity contribution in [1.82, 2.24) is 0 Å². The van der Waals surface area contributed by atoms with E-state index < -0.39 is 23.1 Å². The van der Waals surface area contributed by atoms with E-state index in [4.69, 9.17) is 9.47 Å². The molecule has 1 fully saturated rings. The van der Waals surface area contributed by atoms with Gasteiger partial charge in [-0.15, -0.1) is 0 Å². The summed E-state index contributed by atoms with van der Waals surface area (Å²) in [7, 11) is 1.21. The first-order valence-electron chi connectivity index (χ1n) is 7.97. The number of methoxy groups -OCH3 is 1. The molecule has 0 spiro atoms. The van der Waals surface area contributed by atoms with Crippen LogP contribution in [0.4, 0.5) is 0 Å². The van der Waals surface area contributed by atoms with Gasteiger partial charge in [0.25, 0.3) is 0 Å². The summed E-state index contributed by atoms with van der Waals surface area (Å²) in [6.45, 7) is 4.06. The van der Waals surface area contributed by atoms with Crippen LogP contribution in [0.3, 0.4) is 0 Å². The molecule has 0 aromatic rings. The van der Waals surface area contributed by atoms with Crippen molar-refractivity contribution < 1.29 is 29.0 Å². The van der Waals surface area contributed by atoms with Gasteiger partial charge in [0.05, 0.1) is 18.8 Å². The molecule has 1 N–H and O–H groups in total. The van der Waals surface area contributed by atoms with Gasteiger partial charge < -0.3 is 14.6 Å². The lowest BCUT2D eigenvalue weighted by Gasteiger charge is -2.33. The third-order valence-electron chi connectivity index (χ3n) is 4.59. The van der Waals surface area contributed by atoms with E-state index in [1.165, 1.54) is 7.11 Å². The molecule has 0 aromatic heterocycles. The maximum Gasteiger partial charge on any atom is 0.337 e. The first kappa shape index (κ1) is 17.7. The summed E-state index contributed by atoms with van der Waals surface area (Å²) in [5.41, 5.74) is -0.824. The molecular weight excluding hydrogens is 300 g/mol. The lowest BCUT2D eigenvalue weighted by Crippen LogP contribution is -2.40. The molecule has 6 heteroatoms. The van der Waals surface area contributed by atoms with Crippen LogP contribution in [0.2, 0.25) is 0 Å². The van der Waals surface area contributed by atoms with Crippen LogP contribution in [-0.4, -0.2) is 42.5 Å². The molecule has 128 valence electrons. The molecule has 1 heterocycles. The lowest BCUT2D eigenvalue weighted by molar-refractivity contribution is -0.139. The van der Waals surface area contributed by atoms with E-state index in [1.807, 2.05) is 0 Å². The number of hydrogen-bond donors (Lipinski definition) is 1. The Balaban J connectivity index is 2.20. The van der Waals surface area contributed by atoms with Gasteiger partial charge >= 0.3 is 5.97 Å². The first-order valence-corrected chi connectivity index (χ1v) is 7.97. The molecular formula is C17H24O6. The average molecular weight is 324 g/mol. The summed E-state index contributed by atoms with van der Waals surface area (Å²) < 4.78 is 10.2. The van der Waals surface area contributed by atoms with Crippen molar-refractivity contribution in [2.45, 2.75) is 52.1 Å². The van der Waals surface area contributed by atoms with Crippen LogP contribution in [0.25, 0.3) is 0 Å². The van der Waals surface area contributed by atoms with Gasteiger partial charge in [-0.3, -0.25) is 9.59 Å². The second-order valence-corrected chi connectivity index (χ2v) is 6.85. The fraction of sp³-hybridized carbons (Fsp3) is 0.706. The average Bonchev–Trinajstić information content (AvgIpc) is 2.96. The zero-order valence-electron chi connectivity index (χ0n) is 13.9. The van der Waals surface area contributed by atoms with Gasteiger partial charge in [0.15, 0.2) is 11.6 Å². The highest BCUT2D eigenvalue weighted by Gasteiger charge is 2.46. The van der Waals surface area contributed by atoms with Crippen LogP contribution in [0.15, 0.2) is 11.3 Å². The molecule has 0 amide bonds. The summed E-state index contributed by atoms with van der Waals surface area (Å²) in [5.74, 6) is -3.11. The van der Waals surface area contributed by atoms with E-state index in [-0.39, 0.29) is 36.1 Å². The highest BCUT2D eigenvalue weighted by molar-refractivity contribution is 6.08. The quantitative estimate of drug-likeness (QED) is 0.615. The maximum absolute atomic E-state index is 12.4. The molecule has 0 bridgehead atoms. The molecule has 23 heavy (non-hydrogen) atoms. The van der Waals surface area contributed by atoms with Gasteiger partial charge in [-0.05, 0) is 19.3 Å². The summed E-state index contributed by atoms with van der Waals surface area (Å²) in [5, 5.41) is 10.4. The number of aliphatic hydroxyl groups excluding tert-OH is 1. The Morgan fingerprint density at radius 2 is 2.09 bits per heavy atom. The first-order chi connectivity index (χ1) is 10.8. The number of esters is 1. The van der Waals surface area contributed by atoms with Crippen LogP contribution in [0, 0.1) is 11.3 Å². The predicted molar refractivity (Wildman–Crippen MR) is 81.8 cm³/mol. The minimum absolute atomic E-state index is 0.0232. The van der Waals surface area contributed by atoms with Crippen LogP contribution in [0.1, 0.15) is 46.0 Å². The van der Waals surface area contributed by atoms with Crippen molar-refractivity contribution in [3.05, 3.63) is 11.3 Å². The van der Waals surface area contributed by atoms with Crippen molar-refractivity contribution in [3.63, 3.8) is 0 Å². The van der Waals surface area contributed by atoms with Crippen molar-refractivity contribution >= 4 is 17.5 Å². The fourth-order valence-corrected chi connectivity index (χ4v) is 3.40. The van der Waals surface area contributed by atoms with Crippen LogP contribution >= 0.6 is 0 Å².